The summed E-state index contributed by atoms with van der Waals surface area (Å²) in [6.45, 7) is 2.83. The highest BCUT2D eigenvalue weighted by Gasteiger charge is 1.82. The Morgan fingerprint density at radius 3 is 0.733 bits per heavy atom. The molecule has 0 heterocycles. The van der Waals surface area contributed by atoms with E-state index in [0.717, 1.165) is 70.6 Å². The van der Waals surface area contributed by atoms with Gasteiger partial charge < -0.3 is 5.73 Å². The van der Waals surface area contributed by atoms with Gasteiger partial charge in [0.15, 0.2) is 0 Å². The van der Waals surface area contributed by atoms with Gasteiger partial charge in [0.1, 0.15) is 0 Å². The van der Waals surface area contributed by atoms with E-state index in [1.54, 1.807) is 0 Å². The van der Waals surface area contributed by atoms with Crippen LogP contribution in [0.25, 0.3) is 0 Å². The fourth-order valence-electron chi connectivity index (χ4n) is 2.83. The summed E-state index contributed by atoms with van der Waals surface area (Å²) >= 11 is 0. The van der Waals surface area contributed by atoms with E-state index in [4.69, 9.17) is 5.73 Å². The summed E-state index contributed by atoms with van der Waals surface area (Å²) in [6, 6.07) is 0. The second-order valence-corrected chi connectivity index (χ2v) is 7.41. The number of rotatable bonds is 20. The first-order valence-corrected chi connectivity index (χ1v) is 12.2. The van der Waals surface area contributed by atoms with Gasteiger partial charge in [-0.3, -0.25) is 0 Å². The molecule has 0 spiro atoms. The topological polar surface area (TPSA) is 26.0 Å². The second-order valence-electron chi connectivity index (χ2n) is 7.41. The van der Waals surface area contributed by atoms with E-state index in [9.17, 15) is 0 Å². The highest BCUT2D eigenvalue weighted by atomic mass is 14.5. The van der Waals surface area contributed by atoms with Gasteiger partial charge in [-0.25, -0.2) is 0 Å². The van der Waals surface area contributed by atoms with Crippen LogP contribution >= 0.6 is 0 Å². The highest BCUT2D eigenvalue weighted by Crippen LogP contribution is 2.02. The largest absolute Gasteiger partial charge is 0.327 e. The Morgan fingerprint density at radius 2 is 0.533 bits per heavy atom. The third-order valence-electron chi connectivity index (χ3n) is 4.54. The van der Waals surface area contributed by atoms with Crippen molar-refractivity contribution in [3.8, 4) is 0 Å². The first-order chi connectivity index (χ1) is 14.9. The Hall–Kier alpha value is -1.86. The van der Waals surface area contributed by atoms with Crippen LogP contribution in [0.5, 0.6) is 0 Å². The Morgan fingerprint density at radius 1 is 0.333 bits per heavy atom. The van der Waals surface area contributed by atoms with Gasteiger partial charge in [-0.2, -0.15) is 0 Å². The summed E-state index contributed by atoms with van der Waals surface area (Å²) in [6.07, 6.45) is 46.8. The van der Waals surface area contributed by atoms with Crippen LogP contribution in [0.2, 0.25) is 0 Å². The van der Waals surface area contributed by atoms with E-state index in [0.29, 0.717) is 6.54 Å². The molecule has 0 saturated heterocycles. The first kappa shape index (κ1) is 28.1. The lowest BCUT2D eigenvalue weighted by Gasteiger charge is -1.91. The van der Waals surface area contributed by atoms with E-state index in [-0.39, 0.29) is 0 Å². The fraction of sp³-hybridized carbons (Fsp3) is 0.517. The van der Waals surface area contributed by atoms with Gasteiger partial charge in [0.25, 0.3) is 0 Å². The first-order valence-electron chi connectivity index (χ1n) is 12.2. The van der Waals surface area contributed by atoms with Crippen molar-refractivity contribution in [2.75, 3.05) is 6.54 Å². The molecule has 1 nitrogen and oxygen atoms in total. The van der Waals surface area contributed by atoms with Crippen molar-refractivity contribution >= 4 is 0 Å². The molecule has 1 heteroatoms. The van der Waals surface area contributed by atoms with Gasteiger partial charge in [0.2, 0.25) is 0 Å². The molecule has 0 unspecified atom stereocenters. The molecule has 0 saturated carbocycles. The van der Waals surface area contributed by atoms with Crippen LogP contribution in [-0.2, 0) is 0 Å². The number of unbranched alkanes of at least 4 members (excludes halogenated alkanes) is 6. The predicted molar refractivity (Wildman–Crippen MR) is 139 cm³/mol. The molecule has 0 bridgehead atoms. The van der Waals surface area contributed by atoms with E-state index >= 15 is 0 Å². The molecular weight excluding hydrogens is 362 g/mol. The van der Waals surface area contributed by atoms with Crippen molar-refractivity contribution in [2.24, 2.45) is 5.73 Å². The average Bonchev–Trinajstić information content (AvgIpc) is 2.76. The van der Waals surface area contributed by atoms with Crippen molar-refractivity contribution in [2.45, 2.75) is 90.4 Å². The maximum absolute atomic E-state index is 5.41. The third-order valence-corrected chi connectivity index (χ3v) is 4.54. The van der Waals surface area contributed by atoms with E-state index in [2.05, 4.69) is 85.9 Å². The van der Waals surface area contributed by atoms with Gasteiger partial charge in [-0.1, -0.05) is 92.0 Å². The van der Waals surface area contributed by atoms with Crippen LogP contribution in [0.1, 0.15) is 90.4 Å². The number of hydrogen-bond donors (Lipinski definition) is 1. The summed E-state index contributed by atoms with van der Waals surface area (Å²) in [5.74, 6) is 0. The minimum Gasteiger partial charge on any atom is -0.327 e. The molecule has 0 fully saturated rings. The van der Waals surface area contributed by atoms with Crippen LogP contribution < -0.4 is 5.73 Å². The number of allylic oxidation sites excluding steroid dienone is 13. The molecular formula is C29H47N. The van der Waals surface area contributed by atoms with Crippen molar-refractivity contribution in [3.63, 3.8) is 0 Å². The maximum atomic E-state index is 5.41. The van der Waals surface area contributed by atoms with E-state index in [1.165, 1.54) is 12.8 Å². The summed E-state index contributed by atoms with van der Waals surface area (Å²) in [4.78, 5) is 0. The molecule has 0 amide bonds. The molecule has 0 aliphatic heterocycles. The molecule has 0 rings (SSSR count). The summed E-state index contributed by atoms with van der Waals surface area (Å²) < 4.78 is 0. The summed E-state index contributed by atoms with van der Waals surface area (Å²) in [7, 11) is 0. The normalized spacial score (nSPS) is 13.3. The standard InChI is InChI=1S/C29H47N/c1-2-3-4-5-6-7-8-9-10-11-12-13-14-15-16-17-18-19-20-21-22-23-24-25-26-27-28-29-30/h3-4,7-8,11-12,15-16,19-20,23-24,27-28H,2,5-6,9-10,13-14,17-18,21-22,25-26,29-30H2,1H3/b4-3-,8-7-,12-11-,16-15-,20-19-,24-23-,28-27-. The van der Waals surface area contributed by atoms with Crippen molar-refractivity contribution in [1.29, 1.82) is 0 Å². The second kappa shape index (κ2) is 27.1. The van der Waals surface area contributed by atoms with Crippen molar-refractivity contribution in [1.82, 2.24) is 0 Å². The number of hydrogen-bond acceptors (Lipinski definition) is 1. The lowest BCUT2D eigenvalue weighted by Crippen LogP contribution is -1.91. The molecule has 0 aliphatic carbocycles. The fourth-order valence-corrected chi connectivity index (χ4v) is 2.83. The van der Waals surface area contributed by atoms with Crippen LogP contribution in [0.3, 0.4) is 0 Å². The van der Waals surface area contributed by atoms with E-state index in [1.807, 2.05) is 6.08 Å². The Bertz CT molecular complexity index is 481. The molecule has 0 aromatic heterocycles. The predicted octanol–water partition coefficient (Wildman–Crippen LogP) is 8.93. The SMILES string of the molecule is CC/C=C\CC/C=C\CC/C=C\CC/C=C\CC/C=C\CC/C=C\CC/C=C\CN. The van der Waals surface area contributed by atoms with Crippen LogP contribution in [0.4, 0.5) is 0 Å². The molecule has 0 radical (unpaired) electrons. The van der Waals surface area contributed by atoms with Gasteiger partial charge in [0, 0.05) is 6.54 Å². The van der Waals surface area contributed by atoms with Gasteiger partial charge >= 0.3 is 0 Å². The lowest BCUT2D eigenvalue weighted by molar-refractivity contribution is 0.969. The minimum absolute atomic E-state index is 0.650. The molecule has 0 aliphatic rings. The maximum Gasteiger partial charge on any atom is 0.0106 e. The summed E-state index contributed by atoms with van der Waals surface area (Å²) in [5.41, 5.74) is 5.41. The zero-order chi connectivity index (χ0) is 21.8. The molecule has 0 aromatic rings. The highest BCUT2D eigenvalue weighted by molar-refractivity contribution is 4.94. The van der Waals surface area contributed by atoms with Gasteiger partial charge in [0.05, 0.1) is 0 Å². The lowest BCUT2D eigenvalue weighted by atomic mass is 10.2. The molecule has 0 atom stereocenters. The van der Waals surface area contributed by atoms with Crippen molar-refractivity contribution in [3.05, 3.63) is 85.1 Å². The Labute approximate surface area is 187 Å². The van der Waals surface area contributed by atoms with Crippen LogP contribution in [0, 0.1) is 0 Å². The zero-order valence-corrected chi connectivity index (χ0v) is 19.6. The van der Waals surface area contributed by atoms with Crippen molar-refractivity contribution < 1.29 is 0 Å². The molecule has 2 N–H and O–H groups in total. The zero-order valence-electron chi connectivity index (χ0n) is 19.6. The third kappa shape index (κ3) is 26.1. The van der Waals surface area contributed by atoms with E-state index < -0.39 is 0 Å². The van der Waals surface area contributed by atoms with Gasteiger partial charge in [-0.15, -0.1) is 0 Å². The monoisotopic (exact) mass is 409 g/mol. The minimum atomic E-state index is 0.650. The summed E-state index contributed by atoms with van der Waals surface area (Å²) in [5, 5.41) is 0. The molecule has 30 heavy (non-hydrogen) atoms. The van der Waals surface area contributed by atoms with Crippen LogP contribution in [0.15, 0.2) is 85.1 Å². The quantitative estimate of drug-likeness (QED) is 0.158. The number of nitrogens with two attached hydrogens (primary N) is 1. The van der Waals surface area contributed by atoms with Crippen LogP contribution in [-0.4, -0.2) is 6.54 Å². The average molecular weight is 410 g/mol. The Balaban J connectivity index is 3.40. The Kier molecular flexibility index (Phi) is 25.5. The van der Waals surface area contributed by atoms with Gasteiger partial charge in [-0.05, 0) is 83.5 Å². The molecule has 168 valence electrons. The smallest absolute Gasteiger partial charge is 0.0106 e. The molecule has 0 aromatic carbocycles.